The van der Waals surface area contributed by atoms with Crippen LogP contribution in [-0.4, -0.2) is 32.5 Å². The van der Waals surface area contributed by atoms with Crippen molar-refractivity contribution in [3.63, 3.8) is 0 Å². The predicted octanol–water partition coefficient (Wildman–Crippen LogP) is 1.95. The summed E-state index contributed by atoms with van der Waals surface area (Å²) >= 11 is 0. The molecule has 1 saturated carbocycles. The third kappa shape index (κ3) is 2.58. The van der Waals surface area contributed by atoms with Gasteiger partial charge in [-0.05, 0) is 38.0 Å². The number of rotatable bonds is 7. The van der Waals surface area contributed by atoms with Gasteiger partial charge in [-0.25, -0.2) is 0 Å². The van der Waals surface area contributed by atoms with Crippen LogP contribution in [0.2, 0.25) is 0 Å². The van der Waals surface area contributed by atoms with Crippen molar-refractivity contribution in [1.29, 1.82) is 0 Å². The van der Waals surface area contributed by atoms with Gasteiger partial charge in [0.15, 0.2) is 0 Å². The summed E-state index contributed by atoms with van der Waals surface area (Å²) in [5.41, 5.74) is 6.22. The summed E-state index contributed by atoms with van der Waals surface area (Å²) < 4.78 is 11.5. The largest absolute Gasteiger partial charge is 0.381 e. The highest BCUT2D eigenvalue weighted by Gasteiger charge is 2.49. The van der Waals surface area contributed by atoms with Crippen molar-refractivity contribution in [3.8, 4) is 0 Å². The van der Waals surface area contributed by atoms with Crippen LogP contribution in [-0.2, 0) is 9.47 Å². The van der Waals surface area contributed by atoms with Crippen LogP contribution in [0.5, 0.6) is 0 Å². The van der Waals surface area contributed by atoms with Crippen molar-refractivity contribution in [2.45, 2.75) is 45.1 Å². The molecule has 0 amide bonds. The predicted molar refractivity (Wildman–Crippen MR) is 64.3 cm³/mol. The van der Waals surface area contributed by atoms with E-state index in [1.165, 1.54) is 12.8 Å². The lowest BCUT2D eigenvalue weighted by Crippen LogP contribution is -2.40. The van der Waals surface area contributed by atoms with Gasteiger partial charge in [-0.1, -0.05) is 6.92 Å². The summed E-state index contributed by atoms with van der Waals surface area (Å²) in [4.78, 5) is 0. The minimum atomic E-state index is 0.217. The maximum atomic E-state index is 6.00. The van der Waals surface area contributed by atoms with Crippen LogP contribution < -0.4 is 5.73 Å². The standard InChI is InChI=1S/C13H25NO2/c1-2-7-15-8-5-13(10-14)6-9-16-12(13)11-3-4-11/h11-12H,2-10,14H2,1H3. The van der Waals surface area contributed by atoms with Crippen LogP contribution in [0.4, 0.5) is 0 Å². The summed E-state index contributed by atoms with van der Waals surface area (Å²) in [6.45, 7) is 5.51. The molecule has 0 radical (unpaired) electrons. The molecule has 2 rings (SSSR count). The Kier molecular flexibility index (Phi) is 4.22. The van der Waals surface area contributed by atoms with Gasteiger partial charge in [-0.2, -0.15) is 0 Å². The molecular weight excluding hydrogens is 202 g/mol. The van der Waals surface area contributed by atoms with E-state index in [2.05, 4.69) is 6.92 Å². The van der Waals surface area contributed by atoms with Gasteiger partial charge >= 0.3 is 0 Å². The maximum Gasteiger partial charge on any atom is 0.0673 e. The van der Waals surface area contributed by atoms with Crippen molar-refractivity contribution < 1.29 is 9.47 Å². The van der Waals surface area contributed by atoms with Gasteiger partial charge in [0.25, 0.3) is 0 Å². The van der Waals surface area contributed by atoms with Crippen LogP contribution in [0.25, 0.3) is 0 Å². The quantitative estimate of drug-likeness (QED) is 0.676. The fraction of sp³-hybridized carbons (Fsp3) is 1.00. The third-order valence-corrected chi connectivity index (χ3v) is 4.05. The number of nitrogens with two attached hydrogens (primary N) is 1. The zero-order chi connectivity index (χ0) is 11.4. The Balaban J connectivity index is 1.84. The zero-order valence-corrected chi connectivity index (χ0v) is 10.4. The summed E-state index contributed by atoms with van der Waals surface area (Å²) in [5, 5.41) is 0. The minimum Gasteiger partial charge on any atom is -0.381 e. The second kappa shape index (κ2) is 5.48. The van der Waals surface area contributed by atoms with Crippen LogP contribution in [0.15, 0.2) is 0 Å². The van der Waals surface area contributed by atoms with Crippen LogP contribution >= 0.6 is 0 Å². The van der Waals surface area contributed by atoms with E-state index < -0.39 is 0 Å². The van der Waals surface area contributed by atoms with Gasteiger partial charge in [0.05, 0.1) is 6.10 Å². The molecule has 3 nitrogen and oxygen atoms in total. The van der Waals surface area contributed by atoms with Gasteiger partial charge in [-0.3, -0.25) is 0 Å². The van der Waals surface area contributed by atoms with E-state index in [1.54, 1.807) is 0 Å². The fourth-order valence-electron chi connectivity index (χ4n) is 2.85. The van der Waals surface area contributed by atoms with Crippen molar-refractivity contribution in [3.05, 3.63) is 0 Å². The van der Waals surface area contributed by atoms with Gasteiger partial charge in [-0.15, -0.1) is 0 Å². The van der Waals surface area contributed by atoms with Crippen molar-refractivity contribution in [2.24, 2.45) is 17.1 Å². The molecule has 0 aromatic carbocycles. The average molecular weight is 227 g/mol. The highest BCUT2D eigenvalue weighted by atomic mass is 16.5. The number of hydrogen-bond donors (Lipinski definition) is 1. The van der Waals surface area contributed by atoms with Gasteiger partial charge in [0.2, 0.25) is 0 Å². The van der Waals surface area contributed by atoms with Crippen LogP contribution in [0, 0.1) is 11.3 Å². The summed E-state index contributed by atoms with van der Waals surface area (Å²) in [5.74, 6) is 0.789. The zero-order valence-electron chi connectivity index (χ0n) is 10.4. The topological polar surface area (TPSA) is 44.5 Å². The lowest BCUT2D eigenvalue weighted by molar-refractivity contribution is 0.0126. The second-order valence-electron chi connectivity index (χ2n) is 5.31. The Morgan fingerprint density at radius 3 is 2.81 bits per heavy atom. The van der Waals surface area contributed by atoms with Crippen LogP contribution in [0.3, 0.4) is 0 Å². The van der Waals surface area contributed by atoms with Gasteiger partial charge < -0.3 is 15.2 Å². The molecule has 2 unspecified atom stereocenters. The lowest BCUT2D eigenvalue weighted by Gasteiger charge is -2.33. The minimum absolute atomic E-state index is 0.217. The molecule has 0 bridgehead atoms. The molecule has 16 heavy (non-hydrogen) atoms. The van der Waals surface area contributed by atoms with E-state index in [1.807, 2.05) is 0 Å². The molecule has 3 heteroatoms. The molecule has 2 atom stereocenters. The SMILES string of the molecule is CCCOCCC1(CN)CCOC1C1CC1. The molecule has 94 valence electrons. The van der Waals surface area contributed by atoms with Crippen molar-refractivity contribution >= 4 is 0 Å². The van der Waals surface area contributed by atoms with Gasteiger partial charge in [0.1, 0.15) is 0 Å². The number of hydrogen-bond acceptors (Lipinski definition) is 3. The Morgan fingerprint density at radius 1 is 1.38 bits per heavy atom. The van der Waals surface area contributed by atoms with E-state index in [4.69, 9.17) is 15.2 Å². The Hall–Kier alpha value is -0.120. The van der Waals surface area contributed by atoms with E-state index >= 15 is 0 Å². The molecule has 0 aromatic heterocycles. The van der Waals surface area contributed by atoms with Gasteiger partial charge in [0, 0.05) is 31.8 Å². The molecule has 1 saturated heterocycles. The second-order valence-corrected chi connectivity index (χ2v) is 5.31. The molecule has 0 aromatic rings. The Labute approximate surface area is 98.7 Å². The highest BCUT2D eigenvalue weighted by Crippen LogP contribution is 2.49. The molecule has 0 spiro atoms. The monoisotopic (exact) mass is 227 g/mol. The third-order valence-electron chi connectivity index (χ3n) is 4.05. The highest BCUT2D eigenvalue weighted by molar-refractivity contribution is 4.99. The van der Waals surface area contributed by atoms with Crippen molar-refractivity contribution in [2.75, 3.05) is 26.4 Å². The first-order valence-electron chi connectivity index (χ1n) is 6.72. The van der Waals surface area contributed by atoms with E-state index in [0.717, 1.165) is 51.5 Å². The first-order chi connectivity index (χ1) is 7.82. The Morgan fingerprint density at radius 2 is 2.19 bits per heavy atom. The maximum absolute atomic E-state index is 6.00. The van der Waals surface area contributed by atoms with E-state index in [0.29, 0.717) is 6.10 Å². The molecule has 1 heterocycles. The average Bonchev–Trinajstić information content (AvgIpc) is 3.06. The normalized spacial score (nSPS) is 34.5. The summed E-state index contributed by atoms with van der Waals surface area (Å²) in [7, 11) is 0. The molecule has 2 N–H and O–H groups in total. The molecule has 2 fully saturated rings. The molecule has 1 aliphatic carbocycles. The molecule has 1 aliphatic heterocycles. The smallest absolute Gasteiger partial charge is 0.0673 e. The molecule has 2 aliphatic rings. The molecular formula is C13H25NO2. The fourth-order valence-corrected chi connectivity index (χ4v) is 2.85. The van der Waals surface area contributed by atoms with E-state index in [9.17, 15) is 0 Å². The summed E-state index contributed by atoms with van der Waals surface area (Å²) in [6, 6.07) is 0. The summed E-state index contributed by atoms with van der Waals surface area (Å²) in [6.07, 6.45) is 6.38. The Bertz CT molecular complexity index is 218. The van der Waals surface area contributed by atoms with Crippen LogP contribution in [0.1, 0.15) is 39.0 Å². The number of ether oxygens (including phenoxy) is 2. The lowest BCUT2D eigenvalue weighted by atomic mass is 9.76. The van der Waals surface area contributed by atoms with E-state index in [-0.39, 0.29) is 5.41 Å². The van der Waals surface area contributed by atoms with Crippen molar-refractivity contribution in [1.82, 2.24) is 0 Å². The first kappa shape index (κ1) is 12.3. The first-order valence-corrected chi connectivity index (χ1v) is 6.72.